The highest BCUT2D eigenvalue weighted by Gasteiger charge is 2.43. The summed E-state index contributed by atoms with van der Waals surface area (Å²) in [6, 6.07) is 8.86. The molecule has 0 bridgehead atoms. The Kier molecular flexibility index (Phi) is 4.75. The van der Waals surface area contributed by atoms with E-state index in [1.54, 1.807) is 0 Å². The minimum Gasteiger partial charge on any atom is -0.383 e. The number of rotatable bonds is 6. The van der Waals surface area contributed by atoms with Crippen molar-refractivity contribution in [3.8, 4) is 0 Å². The predicted molar refractivity (Wildman–Crippen MR) is 103 cm³/mol. The maximum absolute atomic E-state index is 2.53. The minimum atomic E-state index is 0.0519. The van der Waals surface area contributed by atoms with E-state index >= 15 is 0 Å². The van der Waals surface area contributed by atoms with E-state index in [9.17, 15) is 0 Å². The highest BCUT2D eigenvalue weighted by molar-refractivity contribution is 6.02. The number of benzene rings is 1. The molecule has 0 radical (unpaired) electrons. The molecule has 0 fully saturated rings. The van der Waals surface area contributed by atoms with Crippen molar-refractivity contribution in [2.24, 2.45) is 5.92 Å². The van der Waals surface area contributed by atoms with Gasteiger partial charge in [0.05, 0.1) is 5.41 Å². The normalized spacial score (nSPS) is 18.8. The van der Waals surface area contributed by atoms with Crippen LogP contribution in [0.25, 0.3) is 0 Å². The van der Waals surface area contributed by atoms with Crippen molar-refractivity contribution in [1.82, 2.24) is 4.90 Å². The standard InChI is InChI=1S/C22H29N2/c1-22(2)19-13-7-8-14-20(19)24(21(22)15-17-23(3)4)16-9-12-18-10-5-6-11-18/h5-8,10-11,13-15,17-18H,9,12,16H2,1-4H3/q+1. The Labute approximate surface area is 146 Å². The molecule has 2 nitrogen and oxygen atoms in total. The van der Waals surface area contributed by atoms with Crippen LogP contribution in [0.5, 0.6) is 0 Å². The van der Waals surface area contributed by atoms with Crippen LogP contribution in [0.15, 0.2) is 60.8 Å². The lowest BCUT2D eigenvalue weighted by Gasteiger charge is -2.16. The number of hydrogen-bond donors (Lipinski definition) is 0. The molecule has 0 saturated heterocycles. The molecule has 1 heterocycles. The first-order valence-corrected chi connectivity index (χ1v) is 8.94. The third kappa shape index (κ3) is 3.24. The fourth-order valence-electron chi connectivity index (χ4n) is 3.76. The lowest BCUT2D eigenvalue weighted by molar-refractivity contribution is -0.438. The lowest BCUT2D eigenvalue weighted by atomic mass is 9.81. The molecule has 1 aliphatic carbocycles. The van der Waals surface area contributed by atoms with Crippen molar-refractivity contribution >= 4 is 11.4 Å². The number of hydrogen-bond acceptors (Lipinski definition) is 1. The summed E-state index contributed by atoms with van der Waals surface area (Å²) in [4.78, 5) is 2.11. The zero-order valence-electron chi connectivity index (χ0n) is 15.4. The molecular weight excluding hydrogens is 292 g/mol. The van der Waals surface area contributed by atoms with E-state index in [0.29, 0.717) is 5.92 Å². The van der Waals surface area contributed by atoms with Crippen molar-refractivity contribution < 1.29 is 4.58 Å². The summed E-state index contributed by atoms with van der Waals surface area (Å²) in [7, 11) is 4.16. The Bertz CT molecular complexity index is 705. The van der Waals surface area contributed by atoms with Crippen LogP contribution in [0.3, 0.4) is 0 Å². The Hall–Kier alpha value is -2.09. The van der Waals surface area contributed by atoms with Crippen LogP contribution >= 0.6 is 0 Å². The van der Waals surface area contributed by atoms with Gasteiger partial charge < -0.3 is 4.90 Å². The van der Waals surface area contributed by atoms with Gasteiger partial charge in [-0.2, -0.15) is 4.58 Å². The average molecular weight is 321 g/mol. The van der Waals surface area contributed by atoms with E-state index in [0.717, 1.165) is 6.54 Å². The molecule has 24 heavy (non-hydrogen) atoms. The SMILES string of the molecule is CN(C)/C=C/C1=[N+](CCCC2C=CC=C2)c2ccccc2C1(C)C. The van der Waals surface area contributed by atoms with Gasteiger partial charge in [0.15, 0.2) is 5.71 Å². The second-order valence-electron chi connectivity index (χ2n) is 7.53. The van der Waals surface area contributed by atoms with Gasteiger partial charge >= 0.3 is 0 Å². The molecule has 0 unspecified atom stereocenters. The van der Waals surface area contributed by atoms with Crippen molar-refractivity contribution in [3.05, 3.63) is 66.4 Å². The third-order valence-electron chi connectivity index (χ3n) is 5.08. The highest BCUT2D eigenvalue weighted by Crippen LogP contribution is 2.40. The van der Waals surface area contributed by atoms with Gasteiger partial charge in [0.2, 0.25) is 5.69 Å². The largest absolute Gasteiger partial charge is 0.383 e. The van der Waals surface area contributed by atoms with Crippen LogP contribution in [-0.2, 0) is 5.41 Å². The quantitative estimate of drug-likeness (QED) is 0.691. The molecule has 1 aromatic carbocycles. The second-order valence-corrected chi connectivity index (χ2v) is 7.53. The summed E-state index contributed by atoms with van der Waals surface area (Å²) in [6.45, 7) is 5.75. The van der Waals surface area contributed by atoms with Crippen LogP contribution in [0.1, 0.15) is 32.3 Å². The third-order valence-corrected chi connectivity index (χ3v) is 5.08. The minimum absolute atomic E-state index is 0.0519. The maximum atomic E-state index is 2.53. The van der Waals surface area contributed by atoms with Crippen LogP contribution in [0.2, 0.25) is 0 Å². The van der Waals surface area contributed by atoms with Gasteiger partial charge in [0, 0.05) is 44.4 Å². The van der Waals surface area contributed by atoms with E-state index in [1.807, 2.05) is 0 Å². The van der Waals surface area contributed by atoms with Crippen LogP contribution < -0.4 is 0 Å². The number of para-hydroxylation sites is 1. The molecule has 0 aromatic heterocycles. The number of fused-ring (bicyclic) bond motifs is 1. The van der Waals surface area contributed by atoms with Crippen LogP contribution in [0, 0.1) is 5.92 Å². The number of nitrogens with zero attached hydrogens (tertiary/aromatic N) is 2. The van der Waals surface area contributed by atoms with Crippen LogP contribution in [-0.4, -0.2) is 35.8 Å². The second kappa shape index (κ2) is 6.80. The summed E-state index contributed by atoms with van der Waals surface area (Å²) in [5.41, 5.74) is 4.26. The van der Waals surface area contributed by atoms with E-state index in [-0.39, 0.29) is 5.41 Å². The highest BCUT2D eigenvalue weighted by atomic mass is 15.1. The Balaban J connectivity index is 1.87. The molecule has 0 N–H and O–H groups in total. The van der Waals surface area contributed by atoms with E-state index in [4.69, 9.17) is 0 Å². The maximum Gasteiger partial charge on any atom is 0.209 e. The average Bonchev–Trinajstić information content (AvgIpc) is 3.12. The van der Waals surface area contributed by atoms with Gasteiger partial charge in [-0.05, 0) is 26.2 Å². The summed E-state index contributed by atoms with van der Waals surface area (Å²) >= 11 is 0. The molecule has 126 valence electrons. The van der Waals surface area contributed by atoms with E-state index in [1.165, 1.54) is 29.8 Å². The Morgan fingerprint density at radius 1 is 1.12 bits per heavy atom. The summed E-state index contributed by atoms with van der Waals surface area (Å²) in [5.74, 6) is 0.622. The van der Waals surface area contributed by atoms with E-state index in [2.05, 4.69) is 98.3 Å². The van der Waals surface area contributed by atoms with Crippen molar-refractivity contribution in [2.45, 2.75) is 32.1 Å². The van der Waals surface area contributed by atoms with Crippen molar-refractivity contribution in [1.29, 1.82) is 0 Å². The zero-order valence-corrected chi connectivity index (χ0v) is 15.4. The van der Waals surface area contributed by atoms with Crippen molar-refractivity contribution in [2.75, 3.05) is 20.6 Å². The zero-order chi connectivity index (χ0) is 17.2. The Morgan fingerprint density at radius 2 is 1.83 bits per heavy atom. The predicted octanol–water partition coefficient (Wildman–Crippen LogP) is 4.66. The first-order chi connectivity index (χ1) is 11.5. The van der Waals surface area contributed by atoms with Crippen molar-refractivity contribution in [3.63, 3.8) is 0 Å². The molecule has 0 amide bonds. The monoisotopic (exact) mass is 321 g/mol. The topological polar surface area (TPSA) is 6.25 Å². The molecular formula is C22H29N2+. The number of allylic oxidation sites excluding steroid dienone is 5. The van der Waals surface area contributed by atoms with Gasteiger partial charge in [0.25, 0.3) is 0 Å². The molecule has 2 heteroatoms. The first-order valence-electron chi connectivity index (χ1n) is 8.94. The molecule has 0 spiro atoms. The molecule has 1 aliphatic heterocycles. The van der Waals surface area contributed by atoms with E-state index < -0.39 is 0 Å². The van der Waals surface area contributed by atoms with Gasteiger partial charge in [-0.25, -0.2) is 0 Å². The fourth-order valence-corrected chi connectivity index (χ4v) is 3.76. The summed E-state index contributed by atoms with van der Waals surface area (Å²) < 4.78 is 2.53. The fraction of sp³-hybridized carbons (Fsp3) is 0.409. The van der Waals surface area contributed by atoms with Gasteiger partial charge in [-0.1, -0.05) is 42.5 Å². The molecule has 2 aliphatic rings. The molecule has 3 rings (SSSR count). The molecule has 0 atom stereocenters. The van der Waals surface area contributed by atoms with Gasteiger partial charge in [0.1, 0.15) is 6.54 Å². The van der Waals surface area contributed by atoms with Gasteiger partial charge in [-0.3, -0.25) is 0 Å². The van der Waals surface area contributed by atoms with Gasteiger partial charge in [-0.15, -0.1) is 0 Å². The van der Waals surface area contributed by atoms with Crippen LogP contribution in [0.4, 0.5) is 5.69 Å². The molecule has 0 saturated carbocycles. The Morgan fingerprint density at radius 3 is 2.54 bits per heavy atom. The first kappa shape index (κ1) is 16.8. The summed E-state index contributed by atoms with van der Waals surface area (Å²) in [6.07, 6.45) is 15.8. The lowest BCUT2D eigenvalue weighted by Crippen LogP contribution is -2.28. The smallest absolute Gasteiger partial charge is 0.209 e. The molecule has 1 aromatic rings. The summed E-state index contributed by atoms with van der Waals surface area (Å²) in [5, 5.41) is 0.